The van der Waals surface area contributed by atoms with Gasteiger partial charge in [-0.1, -0.05) is 37.6 Å². The molecule has 0 spiro atoms. The third-order valence-electron chi connectivity index (χ3n) is 4.23. The molecule has 0 radical (unpaired) electrons. The van der Waals surface area contributed by atoms with Crippen molar-refractivity contribution in [2.24, 2.45) is 17.8 Å². The SMILES string of the molecule is CNC(c1ccc(Cl)cc1)C1CC(C)CC(C)C1. The first-order valence-electron chi connectivity index (χ1n) is 7.03. The van der Waals surface area contributed by atoms with Gasteiger partial charge in [-0.25, -0.2) is 0 Å². The molecule has 2 heteroatoms. The Balaban J connectivity index is 2.14. The fourth-order valence-electron chi connectivity index (χ4n) is 3.63. The van der Waals surface area contributed by atoms with Crippen molar-refractivity contribution in [1.82, 2.24) is 5.32 Å². The van der Waals surface area contributed by atoms with E-state index in [1.165, 1.54) is 24.8 Å². The topological polar surface area (TPSA) is 12.0 Å². The lowest BCUT2D eigenvalue weighted by Gasteiger charge is -2.36. The molecule has 1 aromatic rings. The maximum Gasteiger partial charge on any atom is 0.0406 e. The van der Waals surface area contributed by atoms with Crippen LogP contribution in [0.25, 0.3) is 0 Å². The highest BCUT2D eigenvalue weighted by molar-refractivity contribution is 6.30. The second kappa shape index (κ2) is 6.08. The van der Waals surface area contributed by atoms with Gasteiger partial charge in [0.1, 0.15) is 0 Å². The predicted octanol–water partition coefficient (Wildman–Crippen LogP) is 4.67. The molecule has 0 aromatic heterocycles. The Bertz CT molecular complexity index is 363. The van der Waals surface area contributed by atoms with Crippen LogP contribution in [0, 0.1) is 17.8 Å². The quantitative estimate of drug-likeness (QED) is 0.837. The zero-order valence-electron chi connectivity index (χ0n) is 11.6. The van der Waals surface area contributed by atoms with Gasteiger partial charge in [-0.2, -0.15) is 0 Å². The Hall–Kier alpha value is -0.530. The summed E-state index contributed by atoms with van der Waals surface area (Å²) >= 11 is 5.97. The second-order valence-electron chi connectivity index (χ2n) is 6.00. The first kappa shape index (κ1) is 13.9. The molecule has 1 aliphatic rings. The van der Waals surface area contributed by atoms with E-state index < -0.39 is 0 Å². The van der Waals surface area contributed by atoms with Crippen LogP contribution in [0.3, 0.4) is 0 Å². The highest BCUT2D eigenvalue weighted by atomic mass is 35.5. The van der Waals surface area contributed by atoms with Crippen molar-refractivity contribution in [2.75, 3.05) is 7.05 Å². The number of hydrogen-bond donors (Lipinski definition) is 1. The summed E-state index contributed by atoms with van der Waals surface area (Å²) in [5.41, 5.74) is 1.37. The summed E-state index contributed by atoms with van der Waals surface area (Å²) in [6.07, 6.45) is 4.05. The fraction of sp³-hybridized carbons (Fsp3) is 0.625. The molecule has 1 aliphatic carbocycles. The average Bonchev–Trinajstić information content (AvgIpc) is 2.31. The third kappa shape index (κ3) is 3.27. The lowest BCUT2D eigenvalue weighted by atomic mass is 9.72. The summed E-state index contributed by atoms with van der Waals surface area (Å²) in [5.74, 6) is 2.44. The van der Waals surface area contributed by atoms with Crippen molar-refractivity contribution in [1.29, 1.82) is 0 Å². The molecule has 100 valence electrons. The lowest BCUT2D eigenvalue weighted by molar-refractivity contribution is 0.180. The molecule has 3 atom stereocenters. The number of rotatable bonds is 3. The number of hydrogen-bond acceptors (Lipinski definition) is 1. The van der Waals surface area contributed by atoms with Gasteiger partial charge < -0.3 is 5.32 Å². The smallest absolute Gasteiger partial charge is 0.0406 e. The van der Waals surface area contributed by atoms with E-state index in [0.29, 0.717) is 6.04 Å². The maximum atomic E-state index is 5.97. The first-order chi connectivity index (χ1) is 8.60. The summed E-state index contributed by atoms with van der Waals surface area (Å²) in [4.78, 5) is 0. The van der Waals surface area contributed by atoms with E-state index in [-0.39, 0.29) is 0 Å². The molecule has 18 heavy (non-hydrogen) atoms. The monoisotopic (exact) mass is 265 g/mol. The molecule has 1 saturated carbocycles. The molecular formula is C16H24ClN. The van der Waals surface area contributed by atoms with E-state index in [2.05, 4.69) is 38.3 Å². The molecule has 1 nitrogen and oxygen atoms in total. The molecule has 2 rings (SSSR count). The van der Waals surface area contributed by atoms with E-state index in [1.54, 1.807) is 0 Å². The van der Waals surface area contributed by atoms with Crippen molar-refractivity contribution < 1.29 is 0 Å². The van der Waals surface area contributed by atoms with Gasteiger partial charge >= 0.3 is 0 Å². The van der Waals surface area contributed by atoms with Gasteiger partial charge in [0, 0.05) is 11.1 Å². The second-order valence-corrected chi connectivity index (χ2v) is 6.43. The van der Waals surface area contributed by atoms with E-state index >= 15 is 0 Å². The molecule has 0 aliphatic heterocycles. The lowest BCUT2D eigenvalue weighted by Crippen LogP contribution is -2.31. The molecule has 0 bridgehead atoms. The van der Waals surface area contributed by atoms with Crippen LogP contribution in [-0.2, 0) is 0 Å². The largest absolute Gasteiger partial charge is 0.313 e. The van der Waals surface area contributed by atoms with Gasteiger partial charge in [0.25, 0.3) is 0 Å². The Morgan fingerprint density at radius 1 is 1.06 bits per heavy atom. The summed E-state index contributed by atoms with van der Waals surface area (Å²) in [5, 5.41) is 4.32. The summed E-state index contributed by atoms with van der Waals surface area (Å²) < 4.78 is 0. The first-order valence-corrected chi connectivity index (χ1v) is 7.40. The molecule has 1 fully saturated rings. The van der Waals surface area contributed by atoms with Crippen molar-refractivity contribution in [3.05, 3.63) is 34.9 Å². The van der Waals surface area contributed by atoms with Crippen LogP contribution >= 0.6 is 11.6 Å². The molecule has 0 amide bonds. The van der Waals surface area contributed by atoms with E-state index in [9.17, 15) is 0 Å². The number of nitrogens with one attached hydrogen (secondary N) is 1. The van der Waals surface area contributed by atoms with Gasteiger partial charge in [-0.3, -0.25) is 0 Å². The van der Waals surface area contributed by atoms with Gasteiger partial charge in [0.05, 0.1) is 0 Å². The average molecular weight is 266 g/mol. The van der Waals surface area contributed by atoms with Crippen LogP contribution in [0.5, 0.6) is 0 Å². The highest BCUT2D eigenvalue weighted by Gasteiger charge is 2.29. The Morgan fingerprint density at radius 3 is 2.11 bits per heavy atom. The van der Waals surface area contributed by atoms with Crippen LogP contribution in [0.15, 0.2) is 24.3 Å². The summed E-state index contributed by atoms with van der Waals surface area (Å²) in [6.45, 7) is 4.77. The standard InChI is InChI=1S/C16H24ClN/c1-11-8-12(2)10-14(9-11)16(18-3)13-4-6-15(17)7-5-13/h4-7,11-12,14,16,18H,8-10H2,1-3H3. The third-order valence-corrected chi connectivity index (χ3v) is 4.48. The molecule has 0 heterocycles. The van der Waals surface area contributed by atoms with Crippen LogP contribution in [0.2, 0.25) is 5.02 Å². The van der Waals surface area contributed by atoms with Crippen LogP contribution < -0.4 is 5.32 Å². The molecule has 1 aromatic carbocycles. The number of benzene rings is 1. The molecule has 0 saturated heterocycles. The normalized spacial score (nSPS) is 30.1. The zero-order chi connectivity index (χ0) is 13.1. The van der Waals surface area contributed by atoms with Crippen LogP contribution in [0.1, 0.15) is 44.7 Å². The molecule has 3 unspecified atom stereocenters. The Labute approximate surface area is 116 Å². The highest BCUT2D eigenvalue weighted by Crippen LogP contribution is 2.39. The molecular weight excluding hydrogens is 242 g/mol. The zero-order valence-corrected chi connectivity index (χ0v) is 12.4. The maximum absolute atomic E-state index is 5.97. The van der Waals surface area contributed by atoms with E-state index in [1.807, 2.05) is 12.1 Å². The Morgan fingerprint density at radius 2 is 1.61 bits per heavy atom. The minimum Gasteiger partial charge on any atom is -0.313 e. The van der Waals surface area contributed by atoms with Crippen molar-refractivity contribution in [3.8, 4) is 0 Å². The summed E-state index contributed by atoms with van der Waals surface area (Å²) in [7, 11) is 2.07. The van der Waals surface area contributed by atoms with Crippen molar-refractivity contribution >= 4 is 11.6 Å². The van der Waals surface area contributed by atoms with Crippen LogP contribution in [-0.4, -0.2) is 7.05 Å². The van der Waals surface area contributed by atoms with Crippen molar-refractivity contribution in [2.45, 2.75) is 39.2 Å². The van der Waals surface area contributed by atoms with E-state index in [4.69, 9.17) is 11.6 Å². The van der Waals surface area contributed by atoms with Crippen LogP contribution in [0.4, 0.5) is 0 Å². The summed E-state index contributed by atoms with van der Waals surface area (Å²) in [6, 6.07) is 8.78. The Kier molecular flexibility index (Phi) is 4.69. The fourth-order valence-corrected chi connectivity index (χ4v) is 3.75. The predicted molar refractivity (Wildman–Crippen MR) is 78.9 cm³/mol. The number of halogens is 1. The minimum atomic E-state index is 0.465. The van der Waals surface area contributed by atoms with Gasteiger partial charge in [0.2, 0.25) is 0 Å². The van der Waals surface area contributed by atoms with Gasteiger partial charge in [-0.05, 0) is 61.8 Å². The van der Waals surface area contributed by atoms with Crippen molar-refractivity contribution in [3.63, 3.8) is 0 Å². The minimum absolute atomic E-state index is 0.465. The van der Waals surface area contributed by atoms with E-state index in [0.717, 1.165) is 22.8 Å². The molecule has 1 N–H and O–H groups in total. The van der Waals surface area contributed by atoms with Gasteiger partial charge in [-0.15, -0.1) is 0 Å². The van der Waals surface area contributed by atoms with Gasteiger partial charge in [0.15, 0.2) is 0 Å².